The number of nitrogens with zero attached hydrogens (tertiary/aromatic N) is 5. The molecular formula is C18H18N6O. The van der Waals surface area contributed by atoms with Crippen molar-refractivity contribution in [2.24, 2.45) is 7.05 Å². The number of aromatic nitrogens is 3. The predicted molar refractivity (Wildman–Crippen MR) is 96.9 cm³/mol. The number of H-pyrrole nitrogens is 1. The highest BCUT2D eigenvalue weighted by atomic mass is 16.1. The Hall–Kier alpha value is -3.27. The number of benzene rings is 1. The van der Waals surface area contributed by atoms with Gasteiger partial charge in [-0.2, -0.15) is 10.2 Å². The van der Waals surface area contributed by atoms with E-state index in [1.807, 2.05) is 42.1 Å². The normalized spacial score (nSPS) is 14.7. The summed E-state index contributed by atoms with van der Waals surface area (Å²) >= 11 is 0. The molecule has 126 valence electrons. The molecule has 0 saturated carbocycles. The van der Waals surface area contributed by atoms with Gasteiger partial charge < -0.3 is 14.4 Å². The average Bonchev–Trinajstić information content (AvgIpc) is 3.03. The van der Waals surface area contributed by atoms with Crippen LogP contribution in [0.5, 0.6) is 0 Å². The van der Waals surface area contributed by atoms with Crippen LogP contribution in [0.4, 0.5) is 11.6 Å². The fourth-order valence-corrected chi connectivity index (χ4v) is 3.29. The van der Waals surface area contributed by atoms with Gasteiger partial charge in [-0.3, -0.25) is 9.78 Å². The van der Waals surface area contributed by atoms with E-state index in [2.05, 4.69) is 25.8 Å². The molecule has 0 unspecified atom stereocenters. The average molecular weight is 334 g/mol. The number of para-hydroxylation sites is 1. The Morgan fingerprint density at radius 1 is 1.12 bits per heavy atom. The molecule has 1 aliphatic rings. The van der Waals surface area contributed by atoms with Crippen LogP contribution in [0.3, 0.4) is 0 Å². The van der Waals surface area contributed by atoms with E-state index in [9.17, 15) is 10.1 Å². The summed E-state index contributed by atoms with van der Waals surface area (Å²) in [5.74, 6) is 0.604. The highest BCUT2D eigenvalue weighted by Crippen LogP contribution is 2.22. The second-order valence-electron chi connectivity index (χ2n) is 6.16. The third kappa shape index (κ3) is 2.62. The van der Waals surface area contributed by atoms with Crippen LogP contribution in [0, 0.1) is 11.3 Å². The van der Waals surface area contributed by atoms with Gasteiger partial charge in [0.25, 0.3) is 5.56 Å². The molecule has 0 bridgehead atoms. The maximum Gasteiger partial charge on any atom is 0.261 e. The molecule has 3 heterocycles. The molecule has 1 saturated heterocycles. The Morgan fingerprint density at radius 3 is 2.60 bits per heavy atom. The maximum absolute atomic E-state index is 12.2. The van der Waals surface area contributed by atoms with Gasteiger partial charge in [-0.05, 0) is 18.2 Å². The second-order valence-corrected chi connectivity index (χ2v) is 6.16. The summed E-state index contributed by atoms with van der Waals surface area (Å²) in [6.07, 6.45) is 1.84. The third-order valence-electron chi connectivity index (χ3n) is 4.67. The van der Waals surface area contributed by atoms with Gasteiger partial charge in [0.05, 0.1) is 16.6 Å². The zero-order valence-electron chi connectivity index (χ0n) is 13.9. The first-order valence-electron chi connectivity index (χ1n) is 8.22. The largest absolute Gasteiger partial charge is 0.367 e. The number of aromatic amines is 1. The summed E-state index contributed by atoms with van der Waals surface area (Å²) in [4.78, 5) is 24.0. The molecule has 4 rings (SSSR count). The Bertz CT molecular complexity index is 1020. The van der Waals surface area contributed by atoms with Crippen molar-refractivity contribution in [2.75, 3.05) is 36.0 Å². The molecule has 0 radical (unpaired) electrons. The SMILES string of the molecule is Cn1ccc2c(=O)[nH]c(N3CCN(c4ccccc4C#N)CC3)nc21. The summed E-state index contributed by atoms with van der Waals surface area (Å²) in [5, 5.41) is 9.88. The number of aryl methyl sites for hydroxylation is 1. The van der Waals surface area contributed by atoms with Crippen LogP contribution >= 0.6 is 0 Å². The van der Waals surface area contributed by atoms with E-state index in [1.54, 1.807) is 6.07 Å². The zero-order valence-corrected chi connectivity index (χ0v) is 13.9. The van der Waals surface area contributed by atoms with Crippen molar-refractivity contribution in [3.8, 4) is 6.07 Å². The van der Waals surface area contributed by atoms with Crippen LogP contribution in [-0.4, -0.2) is 40.7 Å². The molecule has 0 spiro atoms. The molecule has 1 N–H and O–H groups in total. The van der Waals surface area contributed by atoms with Crippen molar-refractivity contribution in [3.63, 3.8) is 0 Å². The summed E-state index contributed by atoms with van der Waals surface area (Å²) < 4.78 is 1.85. The number of nitrogens with one attached hydrogen (secondary N) is 1. The monoisotopic (exact) mass is 334 g/mol. The van der Waals surface area contributed by atoms with Gasteiger partial charge >= 0.3 is 0 Å². The van der Waals surface area contributed by atoms with E-state index in [0.717, 1.165) is 31.9 Å². The van der Waals surface area contributed by atoms with E-state index in [4.69, 9.17) is 0 Å². The number of fused-ring (bicyclic) bond motifs is 1. The fraction of sp³-hybridized carbons (Fsp3) is 0.278. The quantitative estimate of drug-likeness (QED) is 0.767. The molecule has 0 atom stereocenters. The van der Waals surface area contributed by atoms with Crippen LogP contribution in [0.1, 0.15) is 5.56 Å². The minimum Gasteiger partial charge on any atom is -0.367 e. The fourth-order valence-electron chi connectivity index (χ4n) is 3.29. The number of rotatable bonds is 2. The third-order valence-corrected chi connectivity index (χ3v) is 4.67. The first kappa shape index (κ1) is 15.3. The van der Waals surface area contributed by atoms with E-state index >= 15 is 0 Å². The molecule has 0 amide bonds. The first-order chi connectivity index (χ1) is 12.2. The van der Waals surface area contributed by atoms with E-state index < -0.39 is 0 Å². The maximum atomic E-state index is 12.2. The van der Waals surface area contributed by atoms with E-state index in [0.29, 0.717) is 22.5 Å². The Balaban J connectivity index is 1.57. The molecule has 1 fully saturated rings. The van der Waals surface area contributed by atoms with Crippen molar-refractivity contribution in [1.29, 1.82) is 5.26 Å². The van der Waals surface area contributed by atoms with Crippen LogP contribution in [-0.2, 0) is 7.05 Å². The molecule has 2 aromatic heterocycles. The van der Waals surface area contributed by atoms with E-state index in [1.165, 1.54) is 0 Å². The number of piperazine rings is 1. The van der Waals surface area contributed by atoms with Gasteiger partial charge in [-0.1, -0.05) is 12.1 Å². The summed E-state index contributed by atoms with van der Waals surface area (Å²) in [7, 11) is 1.88. The van der Waals surface area contributed by atoms with Crippen molar-refractivity contribution in [2.45, 2.75) is 0 Å². The van der Waals surface area contributed by atoms with Crippen molar-refractivity contribution >= 4 is 22.7 Å². The highest BCUT2D eigenvalue weighted by molar-refractivity contribution is 5.76. The lowest BCUT2D eigenvalue weighted by atomic mass is 10.1. The van der Waals surface area contributed by atoms with E-state index in [-0.39, 0.29) is 5.56 Å². The van der Waals surface area contributed by atoms with Crippen molar-refractivity contribution in [1.82, 2.24) is 14.5 Å². The van der Waals surface area contributed by atoms with Gasteiger partial charge in [0.2, 0.25) is 5.95 Å². The molecule has 25 heavy (non-hydrogen) atoms. The lowest BCUT2D eigenvalue weighted by Crippen LogP contribution is -2.47. The smallest absolute Gasteiger partial charge is 0.261 e. The molecule has 7 heteroatoms. The van der Waals surface area contributed by atoms with Crippen LogP contribution in [0.15, 0.2) is 41.3 Å². The Labute approximate surface area is 144 Å². The van der Waals surface area contributed by atoms with Gasteiger partial charge in [0, 0.05) is 39.4 Å². The topological polar surface area (TPSA) is 81.0 Å². The zero-order chi connectivity index (χ0) is 17.4. The first-order valence-corrected chi connectivity index (χ1v) is 8.22. The molecule has 7 nitrogen and oxygen atoms in total. The van der Waals surface area contributed by atoms with Crippen molar-refractivity contribution < 1.29 is 0 Å². The minimum atomic E-state index is -0.113. The van der Waals surface area contributed by atoms with Crippen LogP contribution < -0.4 is 15.4 Å². The summed E-state index contributed by atoms with van der Waals surface area (Å²) in [6.45, 7) is 3.01. The number of hydrogen-bond acceptors (Lipinski definition) is 5. The molecule has 0 aliphatic carbocycles. The lowest BCUT2D eigenvalue weighted by molar-refractivity contribution is 0.639. The standard InChI is InChI=1S/C18H18N6O/c1-22-7-6-14-16(22)20-18(21-17(14)25)24-10-8-23(9-11-24)15-5-3-2-4-13(15)12-19/h2-7H,8-11H2,1H3,(H,20,21,25). The second kappa shape index (κ2) is 5.98. The lowest BCUT2D eigenvalue weighted by Gasteiger charge is -2.36. The number of anilines is 2. The van der Waals surface area contributed by atoms with Gasteiger partial charge in [-0.15, -0.1) is 0 Å². The van der Waals surface area contributed by atoms with Gasteiger partial charge in [0.15, 0.2) is 0 Å². The number of nitriles is 1. The van der Waals surface area contributed by atoms with Crippen LogP contribution in [0.25, 0.3) is 11.0 Å². The Morgan fingerprint density at radius 2 is 1.84 bits per heavy atom. The van der Waals surface area contributed by atoms with Crippen LogP contribution in [0.2, 0.25) is 0 Å². The summed E-state index contributed by atoms with van der Waals surface area (Å²) in [6, 6.07) is 11.7. The van der Waals surface area contributed by atoms with Crippen molar-refractivity contribution in [3.05, 3.63) is 52.4 Å². The summed E-state index contributed by atoms with van der Waals surface area (Å²) in [5.41, 5.74) is 2.23. The highest BCUT2D eigenvalue weighted by Gasteiger charge is 2.21. The number of hydrogen-bond donors (Lipinski definition) is 1. The molecule has 1 aliphatic heterocycles. The Kier molecular flexibility index (Phi) is 3.65. The molecule has 3 aromatic rings. The predicted octanol–water partition coefficient (Wildman–Crippen LogP) is 1.46. The minimum absolute atomic E-state index is 0.113. The molecule has 1 aromatic carbocycles. The van der Waals surface area contributed by atoms with Gasteiger partial charge in [-0.25, -0.2) is 0 Å². The van der Waals surface area contributed by atoms with Gasteiger partial charge in [0.1, 0.15) is 11.7 Å². The molecular weight excluding hydrogens is 316 g/mol.